The van der Waals surface area contributed by atoms with E-state index in [-0.39, 0.29) is 11.5 Å². The minimum absolute atomic E-state index is 0.0191. The van der Waals surface area contributed by atoms with Crippen LogP contribution in [0.4, 0.5) is 0 Å². The highest BCUT2D eigenvalue weighted by Gasteiger charge is 2.61. The summed E-state index contributed by atoms with van der Waals surface area (Å²) in [6.45, 7) is 8.01. The van der Waals surface area contributed by atoms with Gasteiger partial charge in [0.15, 0.2) is 0 Å². The highest BCUT2D eigenvalue weighted by molar-refractivity contribution is 5.09. The average Bonchev–Trinajstić information content (AvgIpc) is 3.19. The van der Waals surface area contributed by atoms with Crippen LogP contribution < -0.4 is 0 Å². The summed E-state index contributed by atoms with van der Waals surface area (Å²) in [6.07, 6.45) is 15.4. The molecule has 4 aliphatic carbocycles. The van der Waals surface area contributed by atoms with Crippen LogP contribution >= 0.6 is 0 Å². The van der Waals surface area contributed by atoms with E-state index in [1.54, 1.807) is 0 Å². The molecule has 148 valence electrons. The topological polar surface area (TPSA) is 20.2 Å². The normalized spacial score (nSPS) is 55.8. The summed E-state index contributed by atoms with van der Waals surface area (Å²) >= 11 is 0. The van der Waals surface area contributed by atoms with E-state index in [1.165, 1.54) is 81.8 Å². The number of rotatable bonds is 1. The van der Waals surface area contributed by atoms with Crippen molar-refractivity contribution >= 4 is 0 Å². The number of aliphatic hydroxyl groups excluding tert-OH is 1. The average molecular weight is 361 g/mol. The fraction of sp³-hybridized carbons (Fsp3) is 1.00. The SMILES string of the molecule is C[C@]12CC[C@H]([N+]3(C)CCCC3)C[C@@H]1CC[C@@H]1[C@@H]2CC[C@]2(C)[C@@H](O)CC[C@@H]12. The van der Waals surface area contributed by atoms with Gasteiger partial charge in [0.05, 0.1) is 32.3 Å². The van der Waals surface area contributed by atoms with Crippen LogP contribution in [0.5, 0.6) is 0 Å². The molecule has 0 spiro atoms. The molecule has 0 aromatic carbocycles. The lowest BCUT2D eigenvalue weighted by atomic mass is 9.45. The zero-order valence-electron chi connectivity index (χ0n) is 17.6. The van der Waals surface area contributed by atoms with Crippen LogP contribution in [0.1, 0.15) is 84.5 Å². The van der Waals surface area contributed by atoms with E-state index in [9.17, 15) is 5.11 Å². The van der Waals surface area contributed by atoms with E-state index in [2.05, 4.69) is 20.9 Å². The Morgan fingerprint density at radius 1 is 0.808 bits per heavy atom. The molecule has 0 aromatic heterocycles. The third-order valence-corrected chi connectivity index (χ3v) is 11.1. The van der Waals surface area contributed by atoms with E-state index >= 15 is 0 Å². The number of nitrogens with zero attached hydrogens (tertiary/aromatic N) is 1. The molecule has 1 aliphatic heterocycles. The molecule has 5 fully saturated rings. The lowest BCUT2D eigenvalue weighted by Crippen LogP contribution is -2.58. The number of aliphatic hydroxyl groups is 1. The minimum Gasteiger partial charge on any atom is -0.393 e. The molecule has 0 bridgehead atoms. The third kappa shape index (κ3) is 2.36. The molecular weight excluding hydrogens is 318 g/mol. The number of likely N-dealkylation sites (tertiary alicyclic amines) is 1. The van der Waals surface area contributed by atoms with Crippen LogP contribution in [-0.4, -0.2) is 41.9 Å². The van der Waals surface area contributed by atoms with Crippen molar-refractivity contribution in [3.05, 3.63) is 0 Å². The first kappa shape index (κ1) is 18.0. The first-order valence-corrected chi connectivity index (χ1v) is 11.9. The number of hydrogen-bond acceptors (Lipinski definition) is 1. The largest absolute Gasteiger partial charge is 0.393 e. The van der Waals surface area contributed by atoms with E-state index in [1.807, 2.05) is 0 Å². The summed E-state index contributed by atoms with van der Waals surface area (Å²) in [5.74, 6) is 3.67. The van der Waals surface area contributed by atoms with Crippen molar-refractivity contribution in [2.75, 3.05) is 20.1 Å². The van der Waals surface area contributed by atoms with Crippen molar-refractivity contribution < 1.29 is 9.59 Å². The Morgan fingerprint density at radius 3 is 2.27 bits per heavy atom. The van der Waals surface area contributed by atoms with Crippen molar-refractivity contribution in [1.82, 2.24) is 0 Å². The van der Waals surface area contributed by atoms with Crippen LogP contribution in [0.25, 0.3) is 0 Å². The Kier molecular flexibility index (Phi) is 4.12. The van der Waals surface area contributed by atoms with E-state index in [0.29, 0.717) is 5.41 Å². The van der Waals surface area contributed by atoms with Gasteiger partial charge in [-0.1, -0.05) is 13.8 Å². The predicted octanol–water partition coefficient (Wildman–Crippen LogP) is 5.00. The van der Waals surface area contributed by atoms with Gasteiger partial charge in [-0.2, -0.15) is 0 Å². The van der Waals surface area contributed by atoms with Gasteiger partial charge in [-0.3, -0.25) is 0 Å². The fourth-order valence-corrected chi connectivity index (χ4v) is 9.20. The Hall–Kier alpha value is -0.0800. The van der Waals surface area contributed by atoms with Crippen molar-refractivity contribution in [2.45, 2.75) is 96.6 Å². The maximum absolute atomic E-state index is 10.7. The maximum Gasteiger partial charge on any atom is 0.0891 e. The molecular formula is C24H42NO+. The highest BCUT2D eigenvalue weighted by atomic mass is 16.3. The van der Waals surface area contributed by atoms with Crippen LogP contribution in [-0.2, 0) is 0 Å². The first-order chi connectivity index (χ1) is 12.4. The highest BCUT2D eigenvalue weighted by Crippen LogP contribution is 2.66. The molecule has 0 radical (unpaired) electrons. The molecule has 5 aliphatic rings. The monoisotopic (exact) mass is 360 g/mol. The summed E-state index contributed by atoms with van der Waals surface area (Å²) in [4.78, 5) is 0. The zero-order valence-corrected chi connectivity index (χ0v) is 17.6. The van der Waals surface area contributed by atoms with Crippen molar-refractivity contribution in [1.29, 1.82) is 0 Å². The second-order valence-corrected chi connectivity index (χ2v) is 11.9. The van der Waals surface area contributed by atoms with Crippen LogP contribution in [0.3, 0.4) is 0 Å². The Morgan fingerprint density at radius 2 is 1.50 bits per heavy atom. The molecule has 1 saturated heterocycles. The molecule has 0 amide bonds. The van der Waals surface area contributed by atoms with Gasteiger partial charge in [0, 0.05) is 19.3 Å². The second-order valence-electron chi connectivity index (χ2n) is 11.9. The fourth-order valence-electron chi connectivity index (χ4n) is 9.20. The maximum atomic E-state index is 10.7. The molecule has 4 saturated carbocycles. The summed E-state index contributed by atoms with van der Waals surface area (Å²) in [5, 5.41) is 10.7. The zero-order chi connectivity index (χ0) is 18.2. The number of quaternary nitrogens is 1. The van der Waals surface area contributed by atoms with Crippen molar-refractivity contribution in [2.24, 2.45) is 34.5 Å². The standard InChI is InChI=1S/C24H42NO/c1-23-12-10-18(25(3)14-4-5-15-25)16-17(23)6-7-19-20-8-9-22(26)24(20,2)13-11-21(19)23/h17-22,26H,4-16H2,1-3H3/q+1/t17-,18-,19-,20-,21-,22-,23-,24-/m0/s1. The Labute approximate surface area is 161 Å². The Bertz CT molecular complexity index is 554. The molecule has 2 heteroatoms. The third-order valence-electron chi connectivity index (χ3n) is 11.1. The number of fused-ring (bicyclic) bond motifs is 5. The molecule has 8 atom stereocenters. The smallest absolute Gasteiger partial charge is 0.0891 e. The van der Waals surface area contributed by atoms with Crippen LogP contribution in [0, 0.1) is 34.5 Å². The van der Waals surface area contributed by atoms with Gasteiger partial charge in [-0.15, -0.1) is 0 Å². The lowest BCUT2D eigenvalue weighted by molar-refractivity contribution is -0.924. The number of hydrogen-bond donors (Lipinski definition) is 1. The molecule has 26 heavy (non-hydrogen) atoms. The van der Waals surface area contributed by atoms with Gasteiger partial charge >= 0.3 is 0 Å². The van der Waals surface area contributed by atoms with Crippen molar-refractivity contribution in [3.8, 4) is 0 Å². The summed E-state index contributed by atoms with van der Waals surface area (Å²) < 4.78 is 1.40. The van der Waals surface area contributed by atoms with Gasteiger partial charge in [0.2, 0.25) is 0 Å². The molecule has 5 rings (SSSR count). The van der Waals surface area contributed by atoms with Gasteiger partial charge in [-0.25, -0.2) is 0 Å². The summed E-state index contributed by atoms with van der Waals surface area (Å²) in [6, 6.07) is 0.953. The van der Waals surface area contributed by atoms with Gasteiger partial charge in [0.1, 0.15) is 0 Å². The predicted molar refractivity (Wildman–Crippen MR) is 107 cm³/mol. The van der Waals surface area contributed by atoms with Crippen molar-refractivity contribution in [3.63, 3.8) is 0 Å². The van der Waals surface area contributed by atoms with E-state index in [4.69, 9.17) is 0 Å². The summed E-state index contributed by atoms with van der Waals surface area (Å²) in [7, 11) is 2.57. The van der Waals surface area contributed by atoms with Crippen LogP contribution in [0.15, 0.2) is 0 Å². The van der Waals surface area contributed by atoms with E-state index < -0.39 is 0 Å². The lowest BCUT2D eigenvalue weighted by Gasteiger charge is -2.61. The molecule has 1 N–H and O–H groups in total. The quantitative estimate of drug-likeness (QED) is 0.653. The Balaban J connectivity index is 1.36. The minimum atomic E-state index is -0.0191. The van der Waals surface area contributed by atoms with Gasteiger partial charge < -0.3 is 9.59 Å². The second kappa shape index (κ2) is 5.96. The molecule has 0 unspecified atom stereocenters. The van der Waals surface area contributed by atoms with Crippen LogP contribution in [0.2, 0.25) is 0 Å². The van der Waals surface area contributed by atoms with E-state index in [0.717, 1.165) is 36.1 Å². The summed E-state index contributed by atoms with van der Waals surface area (Å²) in [5.41, 5.74) is 0.850. The molecule has 0 aromatic rings. The molecule has 1 heterocycles. The first-order valence-electron chi connectivity index (χ1n) is 11.9. The van der Waals surface area contributed by atoms with Gasteiger partial charge in [-0.05, 0) is 85.9 Å². The molecule has 2 nitrogen and oxygen atoms in total. The van der Waals surface area contributed by atoms with Gasteiger partial charge in [0.25, 0.3) is 0 Å².